The van der Waals surface area contributed by atoms with Gasteiger partial charge in [0.15, 0.2) is 17.3 Å². The van der Waals surface area contributed by atoms with Gasteiger partial charge in [-0.05, 0) is 31.5 Å². The van der Waals surface area contributed by atoms with Crippen molar-refractivity contribution < 1.29 is 23.6 Å². The molecule has 0 spiro atoms. The molecular formula is C17H19N3O5S. The second-order valence-corrected chi connectivity index (χ2v) is 7.06. The molecule has 0 unspecified atom stereocenters. The molecular weight excluding hydrogens is 358 g/mol. The van der Waals surface area contributed by atoms with Crippen LogP contribution in [0.3, 0.4) is 0 Å². The third-order valence-electron chi connectivity index (χ3n) is 3.64. The van der Waals surface area contributed by atoms with Crippen molar-refractivity contribution in [1.82, 2.24) is 10.5 Å². The molecule has 138 valence electrons. The van der Waals surface area contributed by atoms with E-state index in [9.17, 15) is 9.59 Å². The number of aryl methyl sites for hydroxylation is 1. The number of carbonyl (C=O) groups is 2. The Morgan fingerprint density at radius 1 is 1.27 bits per heavy atom. The molecule has 26 heavy (non-hydrogen) atoms. The van der Waals surface area contributed by atoms with Gasteiger partial charge in [0.05, 0.1) is 11.0 Å². The van der Waals surface area contributed by atoms with Crippen LogP contribution in [0.2, 0.25) is 0 Å². The molecule has 0 aliphatic carbocycles. The number of carbonyl (C=O) groups excluding carboxylic acids is 2. The lowest BCUT2D eigenvalue weighted by atomic mass is 10.2. The van der Waals surface area contributed by atoms with E-state index < -0.39 is 5.25 Å². The van der Waals surface area contributed by atoms with Gasteiger partial charge in [0, 0.05) is 12.6 Å². The molecule has 0 bridgehead atoms. The fourth-order valence-electron chi connectivity index (χ4n) is 2.23. The Morgan fingerprint density at radius 2 is 2.08 bits per heavy atom. The zero-order chi connectivity index (χ0) is 18.5. The summed E-state index contributed by atoms with van der Waals surface area (Å²) >= 11 is 1.25. The number of amides is 2. The van der Waals surface area contributed by atoms with Gasteiger partial charge >= 0.3 is 0 Å². The Kier molecular flexibility index (Phi) is 5.67. The lowest BCUT2D eigenvalue weighted by molar-refractivity contribution is -0.118. The Bertz CT molecular complexity index is 807. The molecule has 0 saturated carbocycles. The van der Waals surface area contributed by atoms with Gasteiger partial charge in [0.1, 0.15) is 5.76 Å². The zero-order valence-electron chi connectivity index (χ0n) is 14.4. The first-order valence-electron chi connectivity index (χ1n) is 8.02. The summed E-state index contributed by atoms with van der Waals surface area (Å²) < 4.78 is 15.4. The number of aromatic nitrogens is 1. The Balaban J connectivity index is 1.40. The van der Waals surface area contributed by atoms with Crippen LogP contribution in [0.4, 0.5) is 5.82 Å². The fraction of sp³-hybridized carbons (Fsp3) is 0.353. The molecule has 1 aliphatic heterocycles. The number of thioether (sulfide) groups is 1. The molecule has 0 saturated heterocycles. The van der Waals surface area contributed by atoms with E-state index in [1.165, 1.54) is 11.8 Å². The lowest BCUT2D eigenvalue weighted by Crippen LogP contribution is -2.28. The maximum Gasteiger partial charge on any atom is 0.238 e. The first-order valence-corrected chi connectivity index (χ1v) is 9.07. The normalized spacial score (nSPS) is 13.3. The van der Waals surface area contributed by atoms with Crippen molar-refractivity contribution in [1.29, 1.82) is 0 Å². The van der Waals surface area contributed by atoms with E-state index in [4.69, 9.17) is 14.0 Å². The average molecular weight is 377 g/mol. The number of anilines is 1. The highest BCUT2D eigenvalue weighted by molar-refractivity contribution is 8.01. The van der Waals surface area contributed by atoms with E-state index in [2.05, 4.69) is 15.8 Å². The van der Waals surface area contributed by atoms with Gasteiger partial charge in [-0.2, -0.15) is 0 Å². The van der Waals surface area contributed by atoms with E-state index in [0.29, 0.717) is 29.6 Å². The monoisotopic (exact) mass is 377 g/mol. The minimum absolute atomic E-state index is 0.149. The molecule has 8 nitrogen and oxygen atoms in total. The van der Waals surface area contributed by atoms with Crippen molar-refractivity contribution in [2.24, 2.45) is 0 Å². The van der Waals surface area contributed by atoms with Crippen LogP contribution in [-0.2, 0) is 16.1 Å². The number of fused-ring (bicyclic) bond motifs is 1. The number of benzene rings is 1. The van der Waals surface area contributed by atoms with Crippen LogP contribution in [0.25, 0.3) is 0 Å². The molecule has 2 heterocycles. The fourth-order valence-corrected chi connectivity index (χ4v) is 2.95. The number of nitrogens with one attached hydrogen (secondary N) is 2. The maximum absolute atomic E-state index is 12.1. The van der Waals surface area contributed by atoms with E-state index in [1.807, 2.05) is 18.2 Å². The molecule has 1 atom stereocenters. The number of nitrogens with zero attached hydrogens (tertiary/aromatic N) is 1. The molecule has 0 fully saturated rings. The first-order chi connectivity index (χ1) is 12.5. The molecule has 9 heteroatoms. The highest BCUT2D eigenvalue weighted by atomic mass is 32.2. The summed E-state index contributed by atoms with van der Waals surface area (Å²) in [4.78, 5) is 24.0. The van der Waals surface area contributed by atoms with Crippen molar-refractivity contribution in [2.75, 3.05) is 17.9 Å². The van der Waals surface area contributed by atoms with E-state index in [-0.39, 0.29) is 24.4 Å². The van der Waals surface area contributed by atoms with Crippen LogP contribution < -0.4 is 20.1 Å². The number of hydrogen-bond acceptors (Lipinski definition) is 7. The van der Waals surface area contributed by atoms with Gasteiger partial charge in [-0.1, -0.05) is 11.2 Å². The van der Waals surface area contributed by atoms with Crippen molar-refractivity contribution in [2.45, 2.75) is 25.6 Å². The molecule has 0 radical (unpaired) electrons. The van der Waals surface area contributed by atoms with Crippen molar-refractivity contribution >= 4 is 29.4 Å². The van der Waals surface area contributed by atoms with E-state index in [1.54, 1.807) is 19.9 Å². The van der Waals surface area contributed by atoms with Gasteiger partial charge in [-0.15, -0.1) is 11.8 Å². The maximum atomic E-state index is 12.1. The van der Waals surface area contributed by atoms with Gasteiger partial charge in [-0.3, -0.25) is 9.59 Å². The topological polar surface area (TPSA) is 103 Å². The second-order valence-electron chi connectivity index (χ2n) is 5.73. The van der Waals surface area contributed by atoms with Crippen molar-refractivity contribution in [3.63, 3.8) is 0 Å². The minimum Gasteiger partial charge on any atom is -0.454 e. The van der Waals surface area contributed by atoms with Gasteiger partial charge in [0.25, 0.3) is 0 Å². The van der Waals surface area contributed by atoms with Gasteiger partial charge in [-0.25, -0.2) is 0 Å². The number of hydrogen-bond donors (Lipinski definition) is 2. The molecule has 3 rings (SSSR count). The van der Waals surface area contributed by atoms with Crippen molar-refractivity contribution in [3.05, 3.63) is 35.6 Å². The van der Waals surface area contributed by atoms with Gasteiger partial charge in [0.2, 0.25) is 18.6 Å². The molecule has 2 N–H and O–H groups in total. The first kappa shape index (κ1) is 18.1. The summed E-state index contributed by atoms with van der Waals surface area (Å²) in [5.74, 6) is 2.17. The lowest BCUT2D eigenvalue weighted by Gasteiger charge is -2.11. The minimum atomic E-state index is -0.400. The van der Waals surface area contributed by atoms with Crippen LogP contribution >= 0.6 is 11.8 Å². The second kappa shape index (κ2) is 8.13. The van der Waals surface area contributed by atoms with Crippen LogP contribution in [0.5, 0.6) is 11.5 Å². The Morgan fingerprint density at radius 3 is 2.85 bits per heavy atom. The summed E-state index contributed by atoms with van der Waals surface area (Å²) in [6, 6.07) is 7.16. The zero-order valence-corrected chi connectivity index (χ0v) is 15.2. The smallest absolute Gasteiger partial charge is 0.238 e. The van der Waals surface area contributed by atoms with Crippen LogP contribution in [-0.4, -0.2) is 34.8 Å². The summed E-state index contributed by atoms with van der Waals surface area (Å²) in [5, 5.41) is 8.77. The Labute approximate surface area is 154 Å². The summed E-state index contributed by atoms with van der Waals surface area (Å²) in [5.41, 5.74) is 0.916. The SMILES string of the molecule is Cc1cc(NC(=O)[C@@H](C)SCC(=O)NCc2ccc3c(c2)OCO3)no1. The standard InChI is InChI=1S/C17H19N3O5S/c1-10-5-15(20-25-10)19-17(22)11(2)26-8-16(21)18-7-12-3-4-13-14(6-12)24-9-23-13/h3-6,11H,7-9H2,1-2H3,(H,18,21)(H,19,20,22)/t11-/m1/s1. The summed E-state index contributed by atoms with van der Waals surface area (Å²) in [7, 11) is 0. The molecule has 2 amide bonds. The van der Waals surface area contributed by atoms with Gasteiger partial charge < -0.3 is 24.6 Å². The molecule has 2 aromatic rings. The van der Waals surface area contributed by atoms with E-state index >= 15 is 0 Å². The number of rotatable bonds is 7. The quantitative estimate of drug-likeness (QED) is 0.761. The predicted octanol–water partition coefficient (Wildman–Crippen LogP) is 2.09. The van der Waals surface area contributed by atoms with E-state index in [0.717, 1.165) is 5.56 Å². The van der Waals surface area contributed by atoms with Crippen LogP contribution in [0, 0.1) is 6.92 Å². The molecule has 1 aromatic carbocycles. The summed E-state index contributed by atoms with van der Waals surface area (Å²) in [6.45, 7) is 4.08. The van der Waals surface area contributed by atoms with Crippen LogP contribution in [0.15, 0.2) is 28.8 Å². The highest BCUT2D eigenvalue weighted by Gasteiger charge is 2.17. The largest absolute Gasteiger partial charge is 0.454 e. The number of ether oxygens (including phenoxy) is 2. The Hall–Kier alpha value is -2.68. The third-order valence-corrected chi connectivity index (χ3v) is 4.78. The summed E-state index contributed by atoms with van der Waals surface area (Å²) in [6.07, 6.45) is 0. The average Bonchev–Trinajstić information content (AvgIpc) is 3.25. The predicted molar refractivity (Wildman–Crippen MR) is 96.2 cm³/mol. The third kappa shape index (κ3) is 4.69. The van der Waals surface area contributed by atoms with Crippen LogP contribution in [0.1, 0.15) is 18.2 Å². The highest BCUT2D eigenvalue weighted by Crippen LogP contribution is 2.32. The molecule has 1 aromatic heterocycles. The van der Waals surface area contributed by atoms with Crippen molar-refractivity contribution in [3.8, 4) is 11.5 Å². The molecule has 1 aliphatic rings.